The Bertz CT molecular complexity index is 524. The van der Waals surface area contributed by atoms with Crippen molar-refractivity contribution >= 4 is 11.6 Å². The lowest BCUT2D eigenvalue weighted by atomic mass is 9.96. The third-order valence-corrected chi connectivity index (χ3v) is 3.19. The van der Waals surface area contributed by atoms with Gasteiger partial charge >= 0.3 is 0 Å². The first-order chi connectivity index (χ1) is 9.42. The van der Waals surface area contributed by atoms with E-state index in [1.54, 1.807) is 24.8 Å². The predicted octanol–water partition coefficient (Wildman–Crippen LogP) is 1.48. The van der Waals surface area contributed by atoms with Crippen LogP contribution in [-0.2, 0) is 0 Å². The van der Waals surface area contributed by atoms with E-state index >= 15 is 0 Å². The molecule has 2 aromatic rings. The maximum Gasteiger partial charge on any atom is 0.150 e. The quantitative estimate of drug-likeness (QED) is 0.866. The van der Waals surface area contributed by atoms with Crippen LogP contribution < -0.4 is 10.6 Å². The Morgan fingerprint density at radius 3 is 2.84 bits per heavy atom. The second-order valence-electron chi connectivity index (χ2n) is 4.59. The highest BCUT2D eigenvalue weighted by Crippen LogP contribution is 2.22. The van der Waals surface area contributed by atoms with E-state index in [2.05, 4.69) is 30.6 Å². The highest BCUT2D eigenvalue weighted by Gasteiger charge is 2.17. The minimum atomic E-state index is 0.449. The summed E-state index contributed by atoms with van der Waals surface area (Å²) in [6, 6.07) is 0. The molecule has 1 aliphatic rings. The normalized spacial score (nSPS) is 19.1. The average Bonchev–Trinajstić information content (AvgIpc) is 2.49. The van der Waals surface area contributed by atoms with Crippen molar-refractivity contribution in [2.24, 2.45) is 0 Å². The maximum atomic E-state index is 4.61. The van der Waals surface area contributed by atoms with Crippen molar-refractivity contribution in [2.45, 2.75) is 18.8 Å². The van der Waals surface area contributed by atoms with E-state index in [1.807, 2.05) is 6.20 Å². The van der Waals surface area contributed by atoms with Crippen molar-refractivity contribution in [1.82, 2.24) is 25.3 Å². The summed E-state index contributed by atoms with van der Waals surface area (Å²) in [5.41, 5.74) is 1.03. The van der Waals surface area contributed by atoms with Crippen molar-refractivity contribution in [3.8, 4) is 0 Å². The molecule has 3 rings (SSSR count). The first-order valence-electron chi connectivity index (χ1n) is 6.47. The summed E-state index contributed by atoms with van der Waals surface area (Å²) in [5.74, 6) is 1.84. The van der Waals surface area contributed by atoms with Gasteiger partial charge in [-0.3, -0.25) is 9.97 Å². The fraction of sp³-hybridized carbons (Fsp3) is 0.385. The minimum absolute atomic E-state index is 0.449. The van der Waals surface area contributed by atoms with Crippen LogP contribution in [0, 0.1) is 0 Å². The summed E-state index contributed by atoms with van der Waals surface area (Å²) in [6.45, 7) is 2.07. The topological polar surface area (TPSA) is 75.6 Å². The van der Waals surface area contributed by atoms with Gasteiger partial charge in [0.05, 0.1) is 18.1 Å². The SMILES string of the molecule is c1cnc(Nc2cncc([C@@H]3CCCNC3)n2)cn1. The molecule has 0 saturated carbocycles. The molecule has 0 unspecified atom stereocenters. The lowest BCUT2D eigenvalue weighted by Gasteiger charge is -2.22. The van der Waals surface area contributed by atoms with Crippen LogP contribution in [0.25, 0.3) is 0 Å². The number of nitrogens with one attached hydrogen (secondary N) is 2. The third-order valence-electron chi connectivity index (χ3n) is 3.19. The summed E-state index contributed by atoms with van der Waals surface area (Å²) in [4.78, 5) is 17.0. The summed E-state index contributed by atoms with van der Waals surface area (Å²) in [5, 5.41) is 6.51. The molecule has 1 saturated heterocycles. The number of rotatable bonds is 3. The minimum Gasteiger partial charge on any atom is -0.322 e. The van der Waals surface area contributed by atoms with Crippen LogP contribution in [0.5, 0.6) is 0 Å². The summed E-state index contributed by atoms with van der Waals surface area (Å²) in [6.07, 6.45) is 10.8. The number of nitrogens with zero attached hydrogens (tertiary/aromatic N) is 4. The van der Waals surface area contributed by atoms with Crippen molar-refractivity contribution in [2.75, 3.05) is 18.4 Å². The van der Waals surface area contributed by atoms with Gasteiger partial charge in [0.1, 0.15) is 11.6 Å². The molecular formula is C13H16N6. The number of aromatic nitrogens is 4. The Morgan fingerprint density at radius 2 is 2.05 bits per heavy atom. The highest BCUT2D eigenvalue weighted by atomic mass is 15.1. The Morgan fingerprint density at radius 1 is 1.11 bits per heavy atom. The molecule has 3 heterocycles. The van der Waals surface area contributed by atoms with Gasteiger partial charge in [-0.05, 0) is 19.4 Å². The molecule has 6 nitrogen and oxygen atoms in total. The monoisotopic (exact) mass is 256 g/mol. The molecule has 0 aliphatic carbocycles. The van der Waals surface area contributed by atoms with Crippen LogP contribution in [0.15, 0.2) is 31.0 Å². The molecule has 0 radical (unpaired) electrons. The Kier molecular flexibility index (Phi) is 3.60. The van der Waals surface area contributed by atoms with Gasteiger partial charge in [-0.2, -0.15) is 0 Å². The summed E-state index contributed by atoms with van der Waals surface area (Å²) < 4.78 is 0. The van der Waals surface area contributed by atoms with E-state index in [9.17, 15) is 0 Å². The molecule has 2 N–H and O–H groups in total. The zero-order chi connectivity index (χ0) is 12.9. The summed E-state index contributed by atoms with van der Waals surface area (Å²) >= 11 is 0. The maximum absolute atomic E-state index is 4.61. The summed E-state index contributed by atoms with van der Waals surface area (Å²) in [7, 11) is 0. The molecule has 0 aromatic carbocycles. The van der Waals surface area contributed by atoms with Crippen LogP contribution in [0.3, 0.4) is 0 Å². The van der Waals surface area contributed by atoms with Gasteiger partial charge in [0.15, 0.2) is 0 Å². The molecule has 98 valence electrons. The molecule has 19 heavy (non-hydrogen) atoms. The number of hydrogen-bond acceptors (Lipinski definition) is 6. The molecule has 6 heteroatoms. The zero-order valence-corrected chi connectivity index (χ0v) is 10.6. The van der Waals surface area contributed by atoms with Crippen LogP contribution >= 0.6 is 0 Å². The van der Waals surface area contributed by atoms with Crippen LogP contribution in [0.1, 0.15) is 24.5 Å². The van der Waals surface area contributed by atoms with E-state index in [1.165, 1.54) is 6.42 Å². The fourth-order valence-electron chi connectivity index (χ4n) is 2.24. The zero-order valence-electron chi connectivity index (χ0n) is 10.6. The lowest BCUT2D eigenvalue weighted by Crippen LogP contribution is -2.29. The first-order valence-corrected chi connectivity index (χ1v) is 6.47. The van der Waals surface area contributed by atoms with Gasteiger partial charge in [-0.1, -0.05) is 0 Å². The molecule has 2 aromatic heterocycles. The number of anilines is 2. The second kappa shape index (κ2) is 5.71. The van der Waals surface area contributed by atoms with Crippen LogP contribution in [-0.4, -0.2) is 33.0 Å². The van der Waals surface area contributed by atoms with Crippen LogP contribution in [0.4, 0.5) is 11.6 Å². The second-order valence-corrected chi connectivity index (χ2v) is 4.59. The predicted molar refractivity (Wildman–Crippen MR) is 72.2 cm³/mol. The van der Waals surface area contributed by atoms with Gasteiger partial charge in [0, 0.05) is 31.1 Å². The van der Waals surface area contributed by atoms with E-state index in [4.69, 9.17) is 0 Å². The van der Waals surface area contributed by atoms with Crippen molar-refractivity contribution in [3.05, 3.63) is 36.7 Å². The van der Waals surface area contributed by atoms with E-state index in [0.717, 1.165) is 25.2 Å². The van der Waals surface area contributed by atoms with E-state index < -0.39 is 0 Å². The smallest absolute Gasteiger partial charge is 0.150 e. The third kappa shape index (κ3) is 3.03. The fourth-order valence-corrected chi connectivity index (χ4v) is 2.24. The van der Waals surface area contributed by atoms with Crippen molar-refractivity contribution in [1.29, 1.82) is 0 Å². The van der Waals surface area contributed by atoms with Gasteiger partial charge in [0.25, 0.3) is 0 Å². The Hall–Kier alpha value is -2.08. The van der Waals surface area contributed by atoms with Gasteiger partial charge in [0.2, 0.25) is 0 Å². The molecule has 0 bridgehead atoms. The van der Waals surface area contributed by atoms with Gasteiger partial charge in [-0.25, -0.2) is 9.97 Å². The van der Waals surface area contributed by atoms with Crippen molar-refractivity contribution < 1.29 is 0 Å². The van der Waals surface area contributed by atoms with Gasteiger partial charge in [-0.15, -0.1) is 0 Å². The van der Waals surface area contributed by atoms with E-state index in [0.29, 0.717) is 17.6 Å². The number of piperidine rings is 1. The molecule has 1 aliphatic heterocycles. The standard InChI is InChI=1S/C13H16N6/c1-2-10(6-14-3-1)11-7-16-9-13(18-11)19-12-8-15-4-5-17-12/h4-5,7-10,14H,1-3,6H2,(H,17,18,19)/t10-/m1/s1. The first kappa shape index (κ1) is 12.0. The van der Waals surface area contributed by atoms with E-state index in [-0.39, 0.29) is 0 Å². The van der Waals surface area contributed by atoms with Crippen molar-refractivity contribution in [3.63, 3.8) is 0 Å². The van der Waals surface area contributed by atoms with Crippen LogP contribution in [0.2, 0.25) is 0 Å². The van der Waals surface area contributed by atoms with Gasteiger partial charge < -0.3 is 10.6 Å². The highest BCUT2D eigenvalue weighted by molar-refractivity contribution is 5.48. The molecule has 1 fully saturated rings. The molecule has 1 atom stereocenters. The molecule has 0 spiro atoms. The molecular weight excluding hydrogens is 240 g/mol. The number of hydrogen-bond donors (Lipinski definition) is 2. The lowest BCUT2D eigenvalue weighted by molar-refractivity contribution is 0.454. The largest absolute Gasteiger partial charge is 0.322 e. The Balaban J connectivity index is 1.76. The average molecular weight is 256 g/mol. The molecule has 0 amide bonds. The Labute approximate surface area is 111 Å².